The van der Waals surface area contributed by atoms with Gasteiger partial charge in [0.1, 0.15) is 17.9 Å². The Morgan fingerprint density at radius 3 is 2.34 bits per heavy atom. The van der Waals surface area contributed by atoms with E-state index in [-0.39, 0.29) is 17.0 Å². The van der Waals surface area contributed by atoms with Crippen LogP contribution in [-0.2, 0) is 16.6 Å². The number of nitrogens with one attached hydrogen (secondary N) is 1. The number of hydrogen-bond acceptors (Lipinski definition) is 5. The Morgan fingerprint density at radius 1 is 1.17 bits per heavy atom. The highest BCUT2D eigenvalue weighted by atomic mass is 16.2. The molecule has 0 spiro atoms. The second-order valence-electron chi connectivity index (χ2n) is 7.31. The summed E-state index contributed by atoms with van der Waals surface area (Å²) in [7, 11) is 1.76. The molecule has 2 aliphatic rings. The van der Waals surface area contributed by atoms with Crippen molar-refractivity contribution in [3.63, 3.8) is 0 Å². The van der Waals surface area contributed by atoms with Crippen molar-refractivity contribution < 1.29 is 19.2 Å². The zero-order chi connectivity index (χ0) is 20.9. The minimum Gasteiger partial charge on any atom is -0.342 e. The van der Waals surface area contributed by atoms with Crippen LogP contribution in [0.4, 0.5) is 5.82 Å². The van der Waals surface area contributed by atoms with E-state index in [4.69, 9.17) is 0 Å². The van der Waals surface area contributed by atoms with Gasteiger partial charge in [0.2, 0.25) is 5.91 Å². The first-order chi connectivity index (χ1) is 13.8. The van der Waals surface area contributed by atoms with Crippen LogP contribution in [0.15, 0.2) is 30.3 Å². The van der Waals surface area contributed by atoms with Gasteiger partial charge in [-0.15, -0.1) is 0 Å². The van der Waals surface area contributed by atoms with E-state index < -0.39 is 29.8 Å². The van der Waals surface area contributed by atoms with Crippen LogP contribution in [0.25, 0.3) is 0 Å². The standard InChI is InChI=1S/C20H21N5O4/c1-11-10-16(23(3)22-11)24-9-8-15(20(24)29)21-17(26)12(2)25-18(27)13-6-4-5-7-14(13)19(25)28/h4-7,10,12,15H,8-9H2,1-3H3,(H,21,26)/t12-,15-/m0/s1. The molecule has 2 aliphatic heterocycles. The van der Waals surface area contributed by atoms with E-state index >= 15 is 0 Å². The van der Waals surface area contributed by atoms with Crippen molar-refractivity contribution in [1.29, 1.82) is 0 Å². The van der Waals surface area contributed by atoms with Gasteiger partial charge >= 0.3 is 0 Å². The fourth-order valence-electron chi connectivity index (χ4n) is 3.86. The number of benzene rings is 1. The predicted octanol–water partition coefficient (Wildman–Crippen LogP) is 0.635. The van der Waals surface area contributed by atoms with Gasteiger partial charge in [-0.3, -0.25) is 33.7 Å². The van der Waals surface area contributed by atoms with Crippen LogP contribution < -0.4 is 10.2 Å². The van der Waals surface area contributed by atoms with Crippen LogP contribution in [0.3, 0.4) is 0 Å². The molecule has 2 atom stereocenters. The third-order valence-electron chi connectivity index (χ3n) is 5.37. The minimum atomic E-state index is -1.02. The molecule has 0 bridgehead atoms. The average Bonchev–Trinajstić information content (AvgIpc) is 3.30. The summed E-state index contributed by atoms with van der Waals surface area (Å²) < 4.78 is 1.62. The Bertz CT molecular complexity index is 1010. The highest BCUT2D eigenvalue weighted by molar-refractivity contribution is 6.22. The number of anilines is 1. The molecule has 4 rings (SSSR count). The molecule has 9 heteroatoms. The number of amides is 4. The predicted molar refractivity (Wildman–Crippen MR) is 103 cm³/mol. The maximum absolute atomic E-state index is 12.8. The molecule has 9 nitrogen and oxygen atoms in total. The van der Waals surface area contributed by atoms with Crippen LogP contribution in [0.5, 0.6) is 0 Å². The van der Waals surface area contributed by atoms with Crippen LogP contribution in [0.2, 0.25) is 0 Å². The molecule has 1 N–H and O–H groups in total. The summed E-state index contributed by atoms with van der Waals surface area (Å²) in [6.07, 6.45) is 0.434. The van der Waals surface area contributed by atoms with Crippen molar-refractivity contribution >= 4 is 29.4 Å². The van der Waals surface area contributed by atoms with E-state index in [0.717, 1.165) is 10.6 Å². The first kappa shape index (κ1) is 18.9. The molecule has 3 heterocycles. The Kier molecular flexibility index (Phi) is 4.45. The molecule has 1 saturated heterocycles. The smallest absolute Gasteiger partial charge is 0.262 e. The first-order valence-corrected chi connectivity index (χ1v) is 9.39. The number of aryl methyl sites for hydroxylation is 2. The van der Waals surface area contributed by atoms with Gasteiger partial charge in [-0.1, -0.05) is 12.1 Å². The molecule has 0 radical (unpaired) electrons. The topological polar surface area (TPSA) is 105 Å². The highest BCUT2D eigenvalue weighted by Gasteiger charge is 2.42. The number of nitrogens with zero attached hydrogens (tertiary/aromatic N) is 4. The zero-order valence-electron chi connectivity index (χ0n) is 16.4. The van der Waals surface area contributed by atoms with Crippen molar-refractivity contribution in [2.45, 2.75) is 32.4 Å². The zero-order valence-corrected chi connectivity index (χ0v) is 16.4. The second-order valence-corrected chi connectivity index (χ2v) is 7.31. The molecule has 1 aromatic carbocycles. The lowest BCUT2D eigenvalue weighted by Crippen LogP contribution is -2.52. The van der Waals surface area contributed by atoms with Gasteiger partial charge in [0, 0.05) is 19.7 Å². The van der Waals surface area contributed by atoms with E-state index in [1.165, 1.54) is 6.92 Å². The quantitative estimate of drug-likeness (QED) is 0.765. The molecule has 0 saturated carbocycles. The van der Waals surface area contributed by atoms with E-state index in [1.807, 2.05) is 13.0 Å². The monoisotopic (exact) mass is 395 g/mol. The molecule has 2 aromatic rings. The molecule has 0 unspecified atom stereocenters. The van der Waals surface area contributed by atoms with Crippen LogP contribution in [-0.4, -0.2) is 56.9 Å². The van der Waals surface area contributed by atoms with Crippen molar-refractivity contribution in [2.75, 3.05) is 11.4 Å². The number of aromatic nitrogens is 2. The van der Waals surface area contributed by atoms with Crippen molar-refractivity contribution in [3.8, 4) is 0 Å². The van der Waals surface area contributed by atoms with E-state index in [0.29, 0.717) is 18.8 Å². The summed E-state index contributed by atoms with van der Waals surface area (Å²) >= 11 is 0. The Labute approximate surface area is 167 Å². The fraction of sp³-hybridized carbons (Fsp3) is 0.350. The van der Waals surface area contributed by atoms with Gasteiger partial charge in [0.15, 0.2) is 0 Å². The van der Waals surface area contributed by atoms with Crippen LogP contribution >= 0.6 is 0 Å². The van der Waals surface area contributed by atoms with E-state index in [2.05, 4.69) is 10.4 Å². The average molecular weight is 395 g/mol. The number of rotatable bonds is 4. The molecular weight excluding hydrogens is 374 g/mol. The van der Waals surface area contributed by atoms with Crippen molar-refractivity contribution in [1.82, 2.24) is 20.0 Å². The van der Waals surface area contributed by atoms with Gasteiger partial charge in [-0.05, 0) is 32.4 Å². The lowest BCUT2D eigenvalue weighted by Gasteiger charge is -2.23. The Morgan fingerprint density at radius 2 is 1.79 bits per heavy atom. The van der Waals surface area contributed by atoms with E-state index in [9.17, 15) is 19.2 Å². The molecule has 0 aliphatic carbocycles. The Balaban J connectivity index is 1.46. The largest absolute Gasteiger partial charge is 0.342 e. The van der Waals surface area contributed by atoms with Crippen LogP contribution in [0, 0.1) is 6.92 Å². The SMILES string of the molecule is Cc1cc(N2CC[C@H](NC(=O)[C@H](C)N3C(=O)c4ccccc4C3=O)C2=O)n(C)n1. The van der Waals surface area contributed by atoms with Gasteiger partial charge in [0.05, 0.1) is 16.8 Å². The van der Waals surface area contributed by atoms with Gasteiger partial charge in [-0.25, -0.2) is 0 Å². The molecule has 29 heavy (non-hydrogen) atoms. The summed E-state index contributed by atoms with van der Waals surface area (Å²) in [4.78, 5) is 53.2. The molecule has 150 valence electrons. The third kappa shape index (κ3) is 2.98. The fourth-order valence-corrected chi connectivity index (χ4v) is 3.86. The molecular formula is C20H21N5O4. The highest BCUT2D eigenvalue weighted by Crippen LogP contribution is 2.25. The first-order valence-electron chi connectivity index (χ1n) is 9.39. The molecule has 1 aromatic heterocycles. The summed E-state index contributed by atoms with van der Waals surface area (Å²) in [6.45, 7) is 3.77. The summed E-state index contributed by atoms with van der Waals surface area (Å²) in [5, 5.41) is 6.94. The summed E-state index contributed by atoms with van der Waals surface area (Å²) in [5.74, 6) is -1.12. The van der Waals surface area contributed by atoms with Gasteiger partial charge < -0.3 is 5.32 Å². The maximum Gasteiger partial charge on any atom is 0.262 e. The Hall–Kier alpha value is -3.49. The van der Waals surface area contributed by atoms with Crippen LogP contribution in [0.1, 0.15) is 39.8 Å². The lowest BCUT2D eigenvalue weighted by molar-refractivity contribution is -0.128. The summed E-state index contributed by atoms with van der Waals surface area (Å²) in [5.41, 5.74) is 1.36. The number of imide groups is 1. The number of carbonyl (C=O) groups excluding carboxylic acids is 4. The van der Waals surface area contributed by atoms with Gasteiger partial charge in [-0.2, -0.15) is 5.10 Å². The minimum absolute atomic E-state index is 0.240. The molecule has 1 fully saturated rings. The number of fused-ring (bicyclic) bond motifs is 1. The molecule has 4 amide bonds. The second kappa shape index (κ2) is 6.84. The maximum atomic E-state index is 12.8. The number of carbonyl (C=O) groups is 4. The lowest BCUT2D eigenvalue weighted by atomic mass is 10.1. The van der Waals surface area contributed by atoms with E-state index in [1.54, 1.807) is 40.9 Å². The van der Waals surface area contributed by atoms with Gasteiger partial charge in [0.25, 0.3) is 17.7 Å². The normalized spacial score (nSPS) is 19.7. The third-order valence-corrected chi connectivity index (χ3v) is 5.37. The number of hydrogen-bond donors (Lipinski definition) is 1. The summed E-state index contributed by atoms with van der Waals surface area (Å²) in [6, 6.07) is 6.54. The van der Waals surface area contributed by atoms with Crippen molar-refractivity contribution in [2.24, 2.45) is 7.05 Å². The van der Waals surface area contributed by atoms with Crippen molar-refractivity contribution in [3.05, 3.63) is 47.2 Å².